The van der Waals surface area contributed by atoms with Crippen molar-refractivity contribution < 1.29 is 14.4 Å². The molecule has 0 spiro atoms. The van der Waals surface area contributed by atoms with Crippen molar-refractivity contribution in [1.82, 2.24) is 10.1 Å². The van der Waals surface area contributed by atoms with Gasteiger partial charge in [-0.15, -0.1) is 0 Å². The number of hydrogen-bond donors (Lipinski definition) is 1. The molecule has 0 aliphatic heterocycles. The average Bonchev–Trinajstić information content (AvgIpc) is 2.48. The fourth-order valence-corrected chi connectivity index (χ4v) is 0.606. The van der Waals surface area contributed by atoms with Crippen molar-refractivity contribution in [2.45, 2.75) is 20.1 Å². The van der Waals surface area contributed by atoms with E-state index >= 15 is 0 Å². The Morgan fingerprint density at radius 2 is 2.45 bits per heavy atom. The molecule has 0 amide bonds. The molecule has 0 bridgehead atoms. The molecule has 0 aliphatic carbocycles. The van der Waals surface area contributed by atoms with E-state index in [9.17, 15) is 0 Å². The van der Waals surface area contributed by atoms with Gasteiger partial charge in [0.2, 0.25) is 0 Å². The molecule has 0 unspecified atom stereocenters. The summed E-state index contributed by atoms with van der Waals surface area (Å²) in [5.74, 6) is 0.690. The molecule has 0 aliphatic rings. The van der Waals surface area contributed by atoms with E-state index in [2.05, 4.69) is 14.7 Å². The summed E-state index contributed by atoms with van der Waals surface area (Å²) in [5.41, 5.74) is 0. The number of hydrogen-bond acceptors (Lipinski definition) is 5. The molecule has 1 N–H and O–H groups in total. The van der Waals surface area contributed by atoms with Crippen LogP contribution in [0.3, 0.4) is 0 Å². The Labute approximate surface area is 64.0 Å². The molecule has 0 radical (unpaired) electrons. The number of aliphatic hydroxyl groups excluding tert-OH is 1. The molecule has 5 nitrogen and oxygen atoms in total. The van der Waals surface area contributed by atoms with Crippen LogP contribution in [0, 0.1) is 0 Å². The second-order valence-electron chi connectivity index (χ2n) is 1.90. The van der Waals surface area contributed by atoms with Gasteiger partial charge in [0.05, 0.1) is 0 Å². The predicted octanol–water partition coefficient (Wildman–Crippen LogP) is 0.0984. The van der Waals surface area contributed by atoms with Crippen LogP contribution in [0.15, 0.2) is 4.52 Å². The highest BCUT2D eigenvalue weighted by Gasteiger charge is 2.03. The van der Waals surface area contributed by atoms with Gasteiger partial charge in [0.25, 0.3) is 5.89 Å². The largest absolute Gasteiger partial charge is 0.387 e. The molecule has 1 aromatic rings. The summed E-state index contributed by atoms with van der Waals surface area (Å²) < 4.78 is 9.63. The van der Waals surface area contributed by atoms with Gasteiger partial charge in [-0.05, 0) is 6.92 Å². The smallest absolute Gasteiger partial charge is 0.252 e. The van der Waals surface area contributed by atoms with E-state index in [4.69, 9.17) is 9.84 Å². The zero-order valence-electron chi connectivity index (χ0n) is 6.28. The predicted molar refractivity (Wildman–Crippen MR) is 35.6 cm³/mol. The van der Waals surface area contributed by atoms with Gasteiger partial charge in [0.1, 0.15) is 13.2 Å². The highest BCUT2D eigenvalue weighted by atomic mass is 16.5. The number of aliphatic hydroxyl groups is 1. The number of rotatable bonds is 4. The highest BCUT2D eigenvalue weighted by Crippen LogP contribution is 1.97. The van der Waals surface area contributed by atoms with E-state index in [0.717, 1.165) is 0 Å². The van der Waals surface area contributed by atoms with Gasteiger partial charge in [0, 0.05) is 6.61 Å². The molecule has 0 aromatic carbocycles. The minimum Gasteiger partial charge on any atom is -0.387 e. The van der Waals surface area contributed by atoms with Gasteiger partial charge in [0.15, 0.2) is 5.82 Å². The molecular weight excluding hydrogens is 148 g/mol. The SMILES string of the molecule is CCOCc1noc(CO)n1. The van der Waals surface area contributed by atoms with Gasteiger partial charge in [-0.1, -0.05) is 5.16 Å². The normalized spacial score (nSPS) is 10.4. The second-order valence-corrected chi connectivity index (χ2v) is 1.90. The lowest BCUT2D eigenvalue weighted by Gasteiger charge is -1.91. The molecule has 0 saturated heterocycles. The monoisotopic (exact) mass is 158 g/mol. The fourth-order valence-electron chi connectivity index (χ4n) is 0.606. The minimum atomic E-state index is -0.223. The molecule has 0 atom stereocenters. The molecule has 1 heterocycles. The van der Waals surface area contributed by atoms with E-state index < -0.39 is 0 Å². The zero-order valence-corrected chi connectivity index (χ0v) is 6.28. The first-order valence-electron chi connectivity index (χ1n) is 3.37. The third kappa shape index (κ3) is 2.28. The Balaban J connectivity index is 2.44. The van der Waals surface area contributed by atoms with Crippen molar-refractivity contribution in [1.29, 1.82) is 0 Å². The average molecular weight is 158 g/mol. The van der Waals surface area contributed by atoms with Gasteiger partial charge in [-0.25, -0.2) is 0 Å². The van der Waals surface area contributed by atoms with Crippen LogP contribution < -0.4 is 0 Å². The molecule has 62 valence electrons. The third-order valence-corrected chi connectivity index (χ3v) is 1.08. The van der Waals surface area contributed by atoms with Crippen LogP contribution in [0.25, 0.3) is 0 Å². The number of aromatic nitrogens is 2. The summed E-state index contributed by atoms with van der Waals surface area (Å²) in [6, 6.07) is 0. The van der Waals surface area contributed by atoms with Gasteiger partial charge in [-0.2, -0.15) is 4.98 Å². The summed E-state index contributed by atoms with van der Waals surface area (Å²) in [5, 5.41) is 12.1. The lowest BCUT2D eigenvalue weighted by atomic mass is 10.6. The maximum atomic E-state index is 8.54. The minimum absolute atomic E-state index is 0.222. The Kier molecular flexibility index (Phi) is 3.00. The van der Waals surface area contributed by atoms with E-state index in [1.165, 1.54) is 0 Å². The lowest BCUT2D eigenvalue weighted by molar-refractivity contribution is 0.126. The van der Waals surface area contributed by atoms with Crippen molar-refractivity contribution in [2.24, 2.45) is 0 Å². The third-order valence-electron chi connectivity index (χ3n) is 1.08. The van der Waals surface area contributed by atoms with Crippen LogP contribution >= 0.6 is 0 Å². The first-order valence-corrected chi connectivity index (χ1v) is 3.37. The summed E-state index contributed by atoms with van der Waals surface area (Å²) in [6.07, 6.45) is 0. The molecule has 11 heavy (non-hydrogen) atoms. The molecule has 5 heteroatoms. The van der Waals surface area contributed by atoms with Crippen molar-refractivity contribution in [3.63, 3.8) is 0 Å². The van der Waals surface area contributed by atoms with Crippen LogP contribution in [-0.4, -0.2) is 21.9 Å². The van der Waals surface area contributed by atoms with Crippen LogP contribution in [0.1, 0.15) is 18.6 Å². The van der Waals surface area contributed by atoms with Crippen LogP contribution in [0.5, 0.6) is 0 Å². The van der Waals surface area contributed by atoms with Crippen LogP contribution in [0.2, 0.25) is 0 Å². The Morgan fingerprint density at radius 1 is 1.64 bits per heavy atom. The maximum Gasteiger partial charge on any atom is 0.252 e. The van der Waals surface area contributed by atoms with Crippen molar-refractivity contribution in [2.75, 3.05) is 6.61 Å². The van der Waals surface area contributed by atoms with E-state index in [1.54, 1.807) is 0 Å². The standard InChI is InChI=1S/C6H10N2O3/c1-2-10-4-5-7-6(3-9)11-8-5/h9H,2-4H2,1H3. The van der Waals surface area contributed by atoms with Gasteiger partial charge < -0.3 is 14.4 Å². The number of nitrogens with zero attached hydrogens (tertiary/aromatic N) is 2. The van der Waals surface area contributed by atoms with E-state index in [1.807, 2.05) is 6.92 Å². The first kappa shape index (κ1) is 8.16. The second kappa shape index (κ2) is 4.05. The molecule has 0 saturated carbocycles. The van der Waals surface area contributed by atoms with Crippen LogP contribution in [0.4, 0.5) is 0 Å². The van der Waals surface area contributed by atoms with Crippen molar-refractivity contribution >= 4 is 0 Å². The zero-order chi connectivity index (χ0) is 8.10. The summed E-state index contributed by atoms with van der Waals surface area (Å²) in [6.45, 7) is 2.61. The summed E-state index contributed by atoms with van der Waals surface area (Å²) in [7, 11) is 0. The van der Waals surface area contributed by atoms with Gasteiger partial charge >= 0.3 is 0 Å². The summed E-state index contributed by atoms with van der Waals surface area (Å²) in [4.78, 5) is 3.81. The Bertz CT molecular complexity index is 211. The Hall–Kier alpha value is -0.940. The Morgan fingerprint density at radius 3 is 3.00 bits per heavy atom. The van der Waals surface area contributed by atoms with Crippen LogP contribution in [-0.2, 0) is 18.0 Å². The quantitative estimate of drug-likeness (QED) is 0.673. The number of ether oxygens (including phenoxy) is 1. The topological polar surface area (TPSA) is 68.4 Å². The van der Waals surface area contributed by atoms with Crippen molar-refractivity contribution in [3.05, 3.63) is 11.7 Å². The lowest BCUT2D eigenvalue weighted by Crippen LogP contribution is -1.94. The van der Waals surface area contributed by atoms with Crippen molar-refractivity contribution in [3.8, 4) is 0 Å². The molecule has 1 rings (SSSR count). The molecular formula is C6H10N2O3. The fraction of sp³-hybridized carbons (Fsp3) is 0.667. The molecule has 0 fully saturated rings. The van der Waals surface area contributed by atoms with E-state index in [-0.39, 0.29) is 12.5 Å². The highest BCUT2D eigenvalue weighted by molar-refractivity contribution is 4.81. The summed E-state index contributed by atoms with van der Waals surface area (Å²) >= 11 is 0. The first-order chi connectivity index (χ1) is 5.36. The van der Waals surface area contributed by atoms with Gasteiger partial charge in [-0.3, -0.25) is 0 Å². The maximum absolute atomic E-state index is 8.54. The van der Waals surface area contributed by atoms with E-state index in [0.29, 0.717) is 19.0 Å². The molecule has 1 aromatic heterocycles.